The van der Waals surface area contributed by atoms with E-state index in [4.69, 9.17) is 0 Å². The van der Waals surface area contributed by atoms with Crippen LogP contribution in [0.1, 0.15) is 5.56 Å². The normalized spacial score (nSPS) is 18.6. The quantitative estimate of drug-likeness (QED) is 0.781. The highest BCUT2D eigenvalue weighted by molar-refractivity contribution is 7.89. The van der Waals surface area contributed by atoms with Gasteiger partial charge in [0.1, 0.15) is 10.7 Å². The van der Waals surface area contributed by atoms with E-state index in [9.17, 15) is 17.6 Å². The van der Waals surface area contributed by atoms with Gasteiger partial charge in [-0.25, -0.2) is 12.8 Å². The zero-order chi connectivity index (χ0) is 16.6. The number of benzene rings is 2. The Morgan fingerprint density at radius 3 is 2.70 bits per heavy atom. The van der Waals surface area contributed by atoms with Crippen LogP contribution in [-0.4, -0.2) is 20.5 Å². The lowest BCUT2D eigenvalue weighted by atomic mass is 10.2. The van der Waals surface area contributed by atoms with Gasteiger partial charge in [-0.3, -0.25) is 4.79 Å². The van der Waals surface area contributed by atoms with E-state index in [1.54, 1.807) is 25.1 Å². The Morgan fingerprint density at radius 2 is 1.96 bits per heavy atom. The zero-order valence-electron chi connectivity index (χ0n) is 12.1. The summed E-state index contributed by atoms with van der Waals surface area (Å²) in [5.74, 6) is -0.997. The molecular weight excluding hydrogens is 321 g/mol. The fourth-order valence-corrected chi connectivity index (χ4v) is 3.59. The van der Waals surface area contributed by atoms with Gasteiger partial charge in [0.25, 0.3) is 5.91 Å². The number of sulfonamides is 1. The summed E-state index contributed by atoms with van der Waals surface area (Å²) in [6.45, 7) is 1.65. The highest BCUT2D eigenvalue weighted by atomic mass is 32.2. The summed E-state index contributed by atoms with van der Waals surface area (Å²) in [4.78, 5) is 12.4. The molecule has 1 heterocycles. The fourth-order valence-electron chi connectivity index (χ4n) is 2.32. The second kappa shape index (κ2) is 5.64. The van der Waals surface area contributed by atoms with Gasteiger partial charge in [0, 0.05) is 5.69 Å². The summed E-state index contributed by atoms with van der Waals surface area (Å²) in [6, 6.07) is 10.2. The van der Waals surface area contributed by atoms with Crippen molar-refractivity contribution in [2.24, 2.45) is 0 Å². The number of nitrogens with one attached hydrogen (secondary N) is 3. The van der Waals surface area contributed by atoms with Crippen molar-refractivity contribution in [3.05, 3.63) is 53.8 Å². The topological polar surface area (TPSA) is 87.3 Å². The van der Waals surface area contributed by atoms with Crippen molar-refractivity contribution in [2.45, 2.75) is 18.0 Å². The number of carbonyl (C=O) groups excluding carboxylic acids is 1. The molecule has 0 saturated heterocycles. The Balaban J connectivity index is 1.84. The Labute approximate surface area is 132 Å². The second-order valence-electron chi connectivity index (χ2n) is 5.14. The molecule has 1 amide bonds. The number of hydrogen-bond donors (Lipinski definition) is 3. The summed E-state index contributed by atoms with van der Waals surface area (Å²) in [5.41, 5.74) is 1.30. The van der Waals surface area contributed by atoms with E-state index in [-0.39, 0.29) is 4.90 Å². The number of para-hydroxylation sites is 1. The molecule has 0 radical (unpaired) electrons. The Morgan fingerprint density at radius 1 is 1.22 bits per heavy atom. The van der Waals surface area contributed by atoms with E-state index in [0.29, 0.717) is 16.9 Å². The molecule has 2 aromatic carbocycles. The predicted molar refractivity (Wildman–Crippen MR) is 83.9 cm³/mol. The van der Waals surface area contributed by atoms with Crippen LogP contribution in [0.2, 0.25) is 0 Å². The molecule has 0 saturated carbocycles. The molecule has 23 heavy (non-hydrogen) atoms. The lowest BCUT2D eigenvalue weighted by Crippen LogP contribution is -2.51. The van der Waals surface area contributed by atoms with Gasteiger partial charge in [-0.1, -0.05) is 12.1 Å². The van der Waals surface area contributed by atoms with Crippen LogP contribution in [0.4, 0.5) is 15.8 Å². The van der Waals surface area contributed by atoms with Crippen LogP contribution in [0.5, 0.6) is 0 Å². The van der Waals surface area contributed by atoms with Gasteiger partial charge >= 0.3 is 0 Å². The maximum absolute atomic E-state index is 13.1. The van der Waals surface area contributed by atoms with Crippen molar-refractivity contribution in [1.82, 2.24) is 4.72 Å². The standard InChI is InChI=1S/C15H14FN3O3S/c1-9-8-10(16)6-7-11(9)18-15(20)14-17-12-4-2-3-5-13(12)23(21,22)19-14/h2-8,14,17,19H,1H3,(H,18,20). The van der Waals surface area contributed by atoms with Gasteiger partial charge in [0.15, 0.2) is 6.17 Å². The fraction of sp³-hybridized carbons (Fsp3) is 0.133. The third-order valence-corrected chi connectivity index (χ3v) is 4.94. The summed E-state index contributed by atoms with van der Waals surface area (Å²) in [6.07, 6.45) is -1.15. The third-order valence-electron chi connectivity index (χ3n) is 3.46. The van der Waals surface area contributed by atoms with Crippen LogP contribution in [0.15, 0.2) is 47.4 Å². The zero-order valence-corrected chi connectivity index (χ0v) is 12.9. The Hall–Kier alpha value is -2.45. The molecule has 1 unspecified atom stereocenters. The van der Waals surface area contributed by atoms with Crippen LogP contribution >= 0.6 is 0 Å². The smallest absolute Gasteiger partial charge is 0.262 e. The lowest BCUT2D eigenvalue weighted by molar-refractivity contribution is -0.117. The van der Waals surface area contributed by atoms with Gasteiger partial charge in [-0.2, -0.15) is 4.72 Å². The number of aryl methyl sites for hydroxylation is 1. The first-order chi connectivity index (χ1) is 10.9. The number of amides is 1. The molecule has 1 aliphatic heterocycles. The third kappa shape index (κ3) is 3.03. The maximum atomic E-state index is 13.1. The second-order valence-corrected chi connectivity index (χ2v) is 6.83. The Bertz CT molecular complexity index is 883. The van der Waals surface area contributed by atoms with Gasteiger partial charge in [-0.05, 0) is 42.8 Å². The molecule has 0 fully saturated rings. The van der Waals surface area contributed by atoms with Crippen molar-refractivity contribution < 1.29 is 17.6 Å². The average molecular weight is 335 g/mol. The van der Waals surface area contributed by atoms with E-state index < -0.39 is 27.9 Å². The summed E-state index contributed by atoms with van der Waals surface area (Å²) >= 11 is 0. The molecule has 0 aromatic heterocycles. The van der Waals surface area contributed by atoms with E-state index in [1.807, 2.05) is 0 Å². The highest BCUT2D eigenvalue weighted by Crippen LogP contribution is 2.25. The van der Waals surface area contributed by atoms with Crippen LogP contribution in [0.3, 0.4) is 0 Å². The maximum Gasteiger partial charge on any atom is 0.262 e. The monoisotopic (exact) mass is 335 g/mol. The van der Waals surface area contributed by atoms with Gasteiger partial charge < -0.3 is 10.6 Å². The summed E-state index contributed by atoms with van der Waals surface area (Å²) in [5, 5.41) is 5.41. The SMILES string of the molecule is Cc1cc(F)ccc1NC(=O)C1Nc2ccccc2S(=O)(=O)N1. The molecule has 8 heteroatoms. The highest BCUT2D eigenvalue weighted by Gasteiger charge is 2.32. The number of fused-ring (bicyclic) bond motifs is 1. The van der Waals surface area contributed by atoms with E-state index in [0.717, 1.165) is 0 Å². The van der Waals surface area contributed by atoms with Crippen LogP contribution < -0.4 is 15.4 Å². The number of halogens is 1. The van der Waals surface area contributed by atoms with Crippen LogP contribution in [0, 0.1) is 12.7 Å². The first-order valence-corrected chi connectivity index (χ1v) is 8.30. The van der Waals surface area contributed by atoms with Crippen molar-refractivity contribution in [1.29, 1.82) is 0 Å². The van der Waals surface area contributed by atoms with E-state index >= 15 is 0 Å². The van der Waals surface area contributed by atoms with Crippen LogP contribution in [-0.2, 0) is 14.8 Å². The van der Waals surface area contributed by atoms with Gasteiger partial charge in [0.2, 0.25) is 10.0 Å². The molecule has 3 rings (SSSR count). The molecule has 1 aliphatic rings. The molecule has 0 spiro atoms. The largest absolute Gasteiger partial charge is 0.360 e. The van der Waals surface area contributed by atoms with E-state index in [2.05, 4.69) is 15.4 Å². The van der Waals surface area contributed by atoms with Gasteiger partial charge in [0.05, 0.1) is 5.69 Å². The number of hydrogen-bond acceptors (Lipinski definition) is 4. The summed E-state index contributed by atoms with van der Waals surface area (Å²) < 4.78 is 39.7. The van der Waals surface area contributed by atoms with E-state index in [1.165, 1.54) is 24.3 Å². The molecule has 3 N–H and O–H groups in total. The molecule has 6 nitrogen and oxygen atoms in total. The van der Waals surface area contributed by atoms with Crippen molar-refractivity contribution >= 4 is 27.3 Å². The van der Waals surface area contributed by atoms with Crippen molar-refractivity contribution in [3.8, 4) is 0 Å². The number of carbonyl (C=O) groups is 1. The summed E-state index contributed by atoms with van der Waals surface area (Å²) in [7, 11) is -3.78. The van der Waals surface area contributed by atoms with Gasteiger partial charge in [-0.15, -0.1) is 0 Å². The molecule has 120 valence electrons. The molecule has 0 bridgehead atoms. The number of rotatable bonds is 2. The minimum absolute atomic E-state index is 0.0852. The molecule has 2 aromatic rings. The first kappa shape index (κ1) is 15.4. The predicted octanol–water partition coefficient (Wildman–Crippen LogP) is 1.80. The van der Waals surface area contributed by atoms with Crippen LogP contribution in [0.25, 0.3) is 0 Å². The van der Waals surface area contributed by atoms with Crippen molar-refractivity contribution in [3.63, 3.8) is 0 Å². The molecule has 1 atom stereocenters. The Kier molecular flexibility index (Phi) is 3.78. The minimum Gasteiger partial charge on any atom is -0.360 e. The first-order valence-electron chi connectivity index (χ1n) is 6.82. The lowest BCUT2D eigenvalue weighted by Gasteiger charge is -2.27. The molecular formula is C15H14FN3O3S. The van der Waals surface area contributed by atoms with Crippen molar-refractivity contribution in [2.75, 3.05) is 10.6 Å². The average Bonchev–Trinajstić information content (AvgIpc) is 2.49. The molecule has 0 aliphatic carbocycles. The minimum atomic E-state index is -3.78. The number of anilines is 2.